The molecule has 0 radical (unpaired) electrons. The van der Waals surface area contributed by atoms with Crippen LogP contribution in [0.1, 0.15) is 23.7 Å². The zero-order valence-corrected chi connectivity index (χ0v) is 10.3. The number of rotatable bonds is 3. The lowest BCUT2D eigenvalue weighted by atomic mass is 10.1. The molecule has 0 spiro atoms. The summed E-state index contributed by atoms with van der Waals surface area (Å²) in [5.41, 5.74) is 2.57. The molecule has 1 atom stereocenters. The van der Waals surface area contributed by atoms with E-state index in [-0.39, 0.29) is 6.10 Å². The van der Waals surface area contributed by atoms with E-state index in [0.717, 1.165) is 19.5 Å². The second-order valence-electron chi connectivity index (χ2n) is 4.64. The second kappa shape index (κ2) is 5.34. The minimum atomic E-state index is 0.218. The molecule has 1 fully saturated rings. The first-order chi connectivity index (χ1) is 8.92. The molecule has 0 aliphatic carbocycles. The van der Waals surface area contributed by atoms with Crippen LogP contribution in [0.15, 0.2) is 60.7 Å². The standard InChI is InChI=1S/C16H17NO/c1-3-7-14(8-4-1)13-17-12-11-16(18-17)15-9-5-2-6-10-15/h1-10,16H,11-13H2. The van der Waals surface area contributed by atoms with E-state index >= 15 is 0 Å². The van der Waals surface area contributed by atoms with E-state index in [1.807, 2.05) is 12.1 Å². The molecule has 2 nitrogen and oxygen atoms in total. The summed E-state index contributed by atoms with van der Waals surface area (Å²) >= 11 is 0. The van der Waals surface area contributed by atoms with Crippen molar-refractivity contribution in [2.24, 2.45) is 0 Å². The molecule has 0 aromatic heterocycles. The molecule has 2 aromatic rings. The summed E-state index contributed by atoms with van der Waals surface area (Å²) in [5, 5.41) is 2.06. The largest absolute Gasteiger partial charge is 0.291 e. The van der Waals surface area contributed by atoms with Gasteiger partial charge in [-0.1, -0.05) is 60.7 Å². The van der Waals surface area contributed by atoms with E-state index in [4.69, 9.17) is 4.84 Å². The van der Waals surface area contributed by atoms with Crippen LogP contribution in [-0.2, 0) is 11.4 Å². The number of benzene rings is 2. The van der Waals surface area contributed by atoms with E-state index in [0.29, 0.717) is 0 Å². The van der Waals surface area contributed by atoms with Gasteiger partial charge in [0, 0.05) is 13.1 Å². The second-order valence-corrected chi connectivity index (χ2v) is 4.64. The Labute approximate surface area is 108 Å². The average molecular weight is 239 g/mol. The molecule has 3 rings (SSSR count). The monoisotopic (exact) mass is 239 g/mol. The van der Waals surface area contributed by atoms with Crippen molar-refractivity contribution in [3.8, 4) is 0 Å². The lowest BCUT2D eigenvalue weighted by Gasteiger charge is -2.16. The summed E-state index contributed by atoms with van der Waals surface area (Å²) in [6, 6.07) is 20.9. The molecule has 92 valence electrons. The molecular weight excluding hydrogens is 222 g/mol. The van der Waals surface area contributed by atoms with Crippen LogP contribution in [0.3, 0.4) is 0 Å². The van der Waals surface area contributed by atoms with Crippen molar-refractivity contribution in [2.45, 2.75) is 19.1 Å². The topological polar surface area (TPSA) is 12.5 Å². The van der Waals surface area contributed by atoms with Gasteiger partial charge in [0.2, 0.25) is 0 Å². The van der Waals surface area contributed by atoms with E-state index in [1.165, 1.54) is 11.1 Å². The van der Waals surface area contributed by atoms with Crippen LogP contribution in [0.25, 0.3) is 0 Å². The van der Waals surface area contributed by atoms with Crippen molar-refractivity contribution >= 4 is 0 Å². The first kappa shape index (κ1) is 11.5. The van der Waals surface area contributed by atoms with Crippen molar-refractivity contribution in [1.82, 2.24) is 5.06 Å². The fourth-order valence-corrected chi connectivity index (χ4v) is 2.35. The molecule has 2 aromatic carbocycles. The lowest BCUT2D eigenvalue weighted by molar-refractivity contribution is -0.154. The SMILES string of the molecule is c1ccc(CN2CCC(c3ccccc3)O2)cc1. The van der Waals surface area contributed by atoms with Gasteiger partial charge in [0.05, 0.1) is 0 Å². The average Bonchev–Trinajstić information content (AvgIpc) is 2.89. The van der Waals surface area contributed by atoms with Gasteiger partial charge < -0.3 is 0 Å². The molecule has 0 bridgehead atoms. The van der Waals surface area contributed by atoms with E-state index in [1.54, 1.807) is 0 Å². The fourth-order valence-electron chi connectivity index (χ4n) is 2.35. The smallest absolute Gasteiger partial charge is 0.106 e. The molecule has 18 heavy (non-hydrogen) atoms. The molecule has 2 heteroatoms. The number of hydrogen-bond acceptors (Lipinski definition) is 2. The van der Waals surface area contributed by atoms with Gasteiger partial charge in [-0.25, -0.2) is 0 Å². The third-order valence-corrected chi connectivity index (χ3v) is 3.29. The van der Waals surface area contributed by atoms with E-state index < -0.39 is 0 Å². The summed E-state index contributed by atoms with van der Waals surface area (Å²) in [5.74, 6) is 0. The van der Waals surface area contributed by atoms with Crippen LogP contribution in [0.5, 0.6) is 0 Å². The molecule has 0 saturated carbocycles. The maximum atomic E-state index is 5.98. The molecule has 0 N–H and O–H groups in total. The predicted molar refractivity (Wildman–Crippen MR) is 71.7 cm³/mol. The van der Waals surface area contributed by atoms with Crippen LogP contribution < -0.4 is 0 Å². The molecular formula is C16H17NO. The Morgan fingerprint density at radius 1 is 0.944 bits per heavy atom. The highest BCUT2D eigenvalue weighted by Crippen LogP contribution is 2.29. The fraction of sp³-hybridized carbons (Fsp3) is 0.250. The third kappa shape index (κ3) is 2.61. The minimum Gasteiger partial charge on any atom is -0.291 e. The van der Waals surface area contributed by atoms with Crippen LogP contribution in [0.2, 0.25) is 0 Å². The Morgan fingerprint density at radius 3 is 2.33 bits per heavy atom. The molecule has 1 unspecified atom stereocenters. The van der Waals surface area contributed by atoms with Gasteiger partial charge in [-0.15, -0.1) is 0 Å². The maximum Gasteiger partial charge on any atom is 0.106 e. The van der Waals surface area contributed by atoms with Crippen LogP contribution in [0.4, 0.5) is 0 Å². The normalized spacial score (nSPS) is 20.1. The van der Waals surface area contributed by atoms with Crippen LogP contribution in [0, 0.1) is 0 Å². The summed E-state index contributed by atoms with van der Waals surface area (Å²) < 4.78 is 0. The highest BCUT2D eigenvalue weighted by Gasteiger charge is 2.24. The molecule has 0 amide bonds. The molecule has 1 heterocycles. The molecule has 1 aliphatic heterocycles. The minimum absolute atomic E-state index is 0.218. The number of nitrogens with zero attached hydrogens (tertiary/aromatic N) is 1. The Kier molecular flexibility index (Phi) is 3.40. The number of hydrogen-bond donors (Lipinski definition) is 0. The predicted octanol–water partition coefficient (Wildman–Crippen LogP) is 3.57. The van der Waals surface area contributed by atoms with Gasteiger partial charge in [0.15, 0.2) is 0 Å². The quantitative estimate of drug-likeness (QED) is 0.812. The van der Waals surface area contributed by atoms with Gasteiger partial charge in [-0.2, -0.15) is 5.06 Å². The van der Waals surface area contributed by atoms with Crippen molar-refractivity contribution in [1.29, 1.82) is 0 Å². The highest BCUT2D eigenvalue weighted by molar-refractivity contribution is 5.18. The summed E-state index contributed by atoms with van der Waals surface area (Å²) in [7, 11) is 0. The van der Waals surface area contributed by atoms with Crippen LogP contribution in [-0.4, -0.2) is 11.6 Å². The summed E-state index contributed by atoms with van der Waals surface area (Å²) in [4.78, 5) is 5.98. The number of hydroxylamine groups is 2. The summed E-state index contributed by atoms with van der Waals surface area (Å²) in [6.07, 6.45) is 1.28. The van der Waals surface area contributed by atoms with Gasteiger partial charge in [0.1, 0.15) is 6.10 Å². The Morgan fingerprint density at radius 2 is 1.61 bits per heavy atom. The third-order valence-electron chi connectivity index (χ3n) is 3.29. The van der Waals surface area contributed by atoms with Crippen molar-refractivity contribution in [2.75, 3.05) is 6.54 Å². The van der Waals surface area contributed by atoms with E-state index in [2.05, 4.69) is 53.6 Å². The zero-order valence-electron chi connectivity index (χ0n) is 10.3. The molecule has 1 aliphatic rings. The lowest BCUT2D eigenvalue weighted by Crippen LogP contribution is -2.17. The van der Waals surface area contributed by atoms with Gasteiger partial charge in [0.25, 0.3) is 0 Å². The highest BCUT2D eigenvalue weighted by atomic mass is 16.7. The van der Waals surface area contributed by atoms with Crippen molar-refractivity contribution < 1.29 is 4.84 Å². The van der Waals surface area contributed by atoms with Crippen molar-refractivity contribution in [3.05, 3.63) is 71.8 Å². The zero-order chi connectivity index (χ0) is 12.2. The van der Waals surface area contributed by atoms with Gasteiger partial charge >= 0.3 is 0 Å². The first-order valence-electron chi connectivity index (χ1n) is 6.42. The molecule has 1 saturated heterocycles. The van der Waals surface area contributed by atoms with Gasteiger partial charge in [-0.3, -0.25) is 4.84 Å². The Hall–Kier alpha value is -1.64. The summed E-state index contributed by atoms with van der Waals surface area (Å²) in [6.45, 7) is 1.86. The van der Waals surface area contributed by atoms with E-state index in [9.17, 15) is 0 Å². The first-order valence-corrected chi connectivity index (χ1v) is 6.42. The Balaban J connectivity index is 1.62. The van der Waals surface area contributed by atoms with Crippen molar-refractivity contribution in [3.63, 3.8) is 0 Å². The van der Waals surface area contributed by atoms with Gasteiger partial charge in [-0.05, 0) is 17.5 Å². The van der Waals surface area contributed by atoms with Crippen LogP contribution >= 0.6 is 0 Å². The Bertz CT molecular complexity index is 483. The maximum absolute atomic E-state index is 5.98.